The molecular weight excluding hydrogens is 210 g/mol. The zero-order valence-electron chi connectivity index (χ0n) is 12.4. The molecule has 0 amide bonds. The summed E-state index contributed by atoms with van der Waals surface area (Å²) in [7, 11) is 2.22. The maximum Gasteiger partial charge on any atom is 0.0309 e. The minimum Gasteiger partial charge on any atom is -0.329 e. The van der Waals surface area contributed by atoms with E-state index in [1.165, 1.54) is 25.9 Å². The van der Waals surface area contributed by atoms with E-state index in [4.69, 9.17) is 5.73 Å². The molecule has 0 bridgehead atoms. The standard InChI is InChI=1S/C14H31N3/c1-12(2)9-14(4,11-15)17-8-6-7-16(5)10-13(17)3/h12-13H,6-11,15H2,1-5H3. The van der Waals surface area contributed by atoms with Crippen LogP contribution in [-0.2, 0) is 0 Å². The van der Waals surface area contributed by atoms with Crippen LogP contribution in [0.2, 0.25) is 0 Å². The average molecular weight is 241 g/mol. The van der Waals surface area contributed by atoms with Gasteiger partial charge in [0.25, 0.3) is 0 Å². The van der Waals surface area contributed by atoms with Crippen molar-refractivity contribution in [1.82, 2.24) is 9.80 Å². The summed E-state index contributed by atoms with van der Waals surface area (Å²) in [6.07, 6.45) is 2.45. The molecule has 0 aromatic heterocycles. The van der Waals surface area contributed by atoms with Gasteiger partial charge in [0.1, 0.15) is 0 Å². The summed E-state index contributed by atoms with van der Waals surface area (Å²) in [5.74, 6) is 0.705. The number of likely N-dealkylation sites (N-methyl/N-ethyl adjacent to an activating group) is 1. The summed E-state index contributed by atoms with van der Waals surface area (Å²) < 4.78 is 0. The molecule has 1 heterocycles. The van der Waals surface area contributed by atoms with Crippen molar-refractivity contribution in [3.63, 3.8) is 0 Å². The first kappa shape index (κ1) is 14.9. The Labute approximate surface area is 107 Å². The minimum absolute atomic E-state index is 0.165. The van der Waals surface area contributed by atoms with Gasteiger partial charge >= 0.3 is 0 Å². The van der Waals surface area contributed by atoms with Crippen LogP contribution in [-0.4, -0.2) is 54.6 Å². The number of hydrogen-bond donors (Lipinski definition) is 1. The van der Waals surface area contributed by atoms with Crippen LogP contribution in [0.5, 0.6) is 0 Å². The fraction of sp³-hybridized carbons (Fsp3) is 1.00. The molecule has 2 N–H and O–H groups in total. The van der Waals surface area contributed by atoms with Gasteiger partial charge in [-0.25, -0.2) is 0 Å². The topological polar surface area (TPSA) is 32.5 Å². The van der Waals surface area contributed by atoms with Crippen LogP contribution in [0.3, 0.4) is 0 Å². The summed E-state index contributed by atoms with van der Waals surface area (Å²) in [5, 5.41) is 0. The van der Waals surface area contributed by atoms with E-state index in [9.17, 15) is 0 Å². The van der Waals surface area contributed by atoms with E-state index in [2.05, 4.69) is 44.5 Å². The van der Waals surface area contributed by atoms with Crippen LogP contribution in [0.4, 0.5) is 0 Å². The highest BCUT2D eigenvalue weighted by Gasteiger charge is 2.35. The Balaban J connectivity index is 2.78. The predicted octanol–water partition coefficient (Wildman–Crippen LogP) is 1.78. The second-order valence-electron chi connectivity index (χ2n) is 6.46. The first-order valence-corrected chi connectivity index (χ1v) is 7.04. The smallest absolute Gasteiger partial charge is 0.0309 e. The fourth-order valence-electron chi connectivity index (χ4n) is 3.37. The van der Waals surface area contributed by atoms with Crippen LogP contribution < -0.4 is 5.73 Å². The van der Waals surface area contributed by atoms with Gasteiger partial charge in [-0.05, 0) is 46.2 Å². The highest BCUT2D eigenvalue weighted by Crippen LogP contribution is 2.27. The molecular formula is C14H31N3. The molecule has 0 saturated carbocycles. The van der Waals surface area contributed by atoms with Gasteiger partial charge in [-0.15, -0.1) is 0 Å². The number of hydrogen-bond acceptors (Lipinski definition) is 3. The van der Waals surface area contributed by atoms with Gasteiger partial charge in [-0.2, -0.15) is 0 Å². The average Bonchev–Trinajstić information content (AvgIpc) is 2.38. The Morgan fingerprint density at radius 1 is 1.35 bits per heavy atom. The van der Waals surface area contributed by atoms with E-state index in [0.717, 1.165) is 13.1 Å². The van der Waals surface area contributed by atoms with E-state index < -0.39 is 0 Å². The van der Waals surface area contributed by atoms with Gasteiger partial charge in [-0.1, -0.05) is 13.8 Å². The Bertz CT molecular complexity index is 230. The van der Waals surface area contributed by atoms with Gasteiger partial charge < -0.3 is 10.6 Å². The third kappa shape index (κ3) is 3.94. The lowest BCUT2D eigenvalue weighted by molar-refractivity contribution is 0.0537. The summed E-state index contributed by atoms with van der Waals surface area (Å²) in [6, 6.07) is 0.606. The van der Waals surface area contributed by atoms with Crippen molar-refractivity contribution in [2.24, 2.45) is 11.7 Å². The van der Waals surface area contributed by atoms with Crippen molar-refractivity contribution in [2.75, 3.05) is 33.2 Å². The maximum atomic E-state index is 6.08. The lowest BCUT2D eigenvalue weighted by Crippen LogP contribution is -2.57. The van der Waals surface area contributed by atoms with E-state index >= 15 is 0 Å². The van der Waals surface area contributed by atoms with E-state index in [1.54, 1.807) is 0 Å². The summed E-state index contributed by atoms with van der Waals surface area (Å²) in [5.41, 5.74) is 6.24. The van der Waals surface area contributed by atoms with Crippen molar-refractivity contribution >= 4 is 0 Å². The van der Waals surface area contributed by atoms with Crippen molar-refractivity contribution in [1.29, 1.82) is 0 Å². The van der Waals surface area contributed by atoms with Crippen molar-refractivity contribution < 1.29 is 0 Å². The molecule has 3 nitrogen and oxygen atoms in total. The lowest BCUT2D eigenvalue weighted by Gasteiger charge is -2.45. The number of nitrogens with zero attached hydrogens (tertiary/aromatic N) is 2. The Morgan fingerprint density at radius 3 is 2.53 bits per heavy atom. The van der Waals surface area contributed by atoms with Crippen LogP contribution in [0.15, 0.2) is 0 Å². The molecule has 1 fully saturated rings. The quantitative estimate of drug-likeness (QED) is 0.814. The van der Waals surface area contributed by atoms with Gasteiger partial charge in [0, 0.05) is 31.2 Å². The Morgan fingerprint density at radius 2 is 2.00 bits per heavy atom. The molecule has 2 unspecified atom stereocenters. The van der Waals surface area contributed by atoms with Crippen molar-refractivity contribution in [2.45, 2.75) is 52.1 Å². The third-order valence-electron chi connectivity index (χ3n) is 4.03. The molecule has 0 spiro atoms. The SMILES string of the molecule is CC(C)CC(C)(CN)N1CCCN(C)CC1C. The molecule has 1 rings (SSSR count). The molecule has 0 aliphatic carbocycles. The number of rotatable bonds is 4. The molecule has 1 aliphatic heterocycles. The zero-order chi connectivity index (χ0) is 13.1. The van der Waals surface area contributed by atoms with E-state index in [1.807, 2.05) is 0 Å². The largest absolute Gasteiger partial charge is 0.329 e. The van der Waals surface area contributed by atoms with E-state index in [-0.39, 0.29) is 5.54 Å². The third-order valence-corrected chi connectivity index (χ3v) is 4.03. The highest BCUT2D eigenvalue weighted by atomic mass is 15.3. The van der Waals surface area contributed by atoms with Gasteiger partial charge in [0.2, 0.25) is 0 Å². The first-order valence-electron chi connectivity index (χ1n) is 7.04. The summed E-state index contributed by atoms with van der Waals surface area (Å²) >= 11 is 0. The number of nitrogens with two attached hydrogens (primary N) is 1. The fourth-order valence-corrected chi connectivity index (χ4v) is 3.37. The van der Waals surface area contributed by atoms with Gasteiger partial charge in [0.15, 0.2) is 0 Å². The lowest BCUT2D eigenvalue weighted by atomic mass is 9.87. The maximum absolute atomic E-state index is 6.08. The van der Waals surface area contributed by atoms with E-state index in [0.29, 0.717) is 12.0 Å². The first-order chi connectivity index (χ1) is 7.89. The summed E-state index contributed by atoms with van der Waals surface area (Å²) in [6.45, 7) is 13.6. The normalized spacial score (nSPS) is 28.1. The minimum atomic E-state index is 0.165. The molecule has 17 heavy (non-hydrogen) atoms. The molecule has 0 radical (unpaired) electrons. The second-order valence-corrected chi connectivity index (χ2v) is 6.46. The van der Waals surface area contributed by atoms with Crippen molar-refractivity contribution in [3.05, 3.63) is 0 Å². The zero-order valence-corrected chi connectivity index (χ0v) is 12.4. The van der Waals surface area contributed by atoms with Crippen LogP contribution in [0, 0.1) is 5.92 Å². The molecule has 0 aromatic carbocycles. The van der Waals surface area contributed by atoms with Crippen LogP contribution in [0.1, 0.15) is 40.5 Å². The van der Waals surface area contributed by atoms with Gasteiger partial charge in [0.05, 0.1) is 0 Å². The second kappa shape index (κ2) is 6.17. The summed E-state index contributed by atoms with van der Waals surface area (Å²) in [4.78, 5) is 5.09. The molecule has 1 aliphatic rings. The van der Waals surface area contributed by atoms with Crippen molar-refractivity contribution in [3.8, 4) is 0 Å². The molecule has 2 atom stereocenters. The van der Waals surface area contributed by atoms with Crippen LogP contribution in [0.25, 0.3) is 0 Å². The molecule has 1 saturated heterocycles. The molecule has 3 heteroatoms. The Kier molecular flexibility index (Phi) is 5.42. The molecule has 0 aromatic rings. The van der Waals surface area contributed by atoms with Gasteiger partial charge in [-0.3, -0.25) is 4.90 Å². The van der Waals surface area contributed by atoms with Crippen LogP contribution >= 0.6 is 0 Å². The Hall–Kier alpha value is -0.120. The highest BCUT2D eigenvalue weighted by molar-refractivity contribution is 4.92. The monoisotopic (exact) mass is 241 g/mol. The predicted molar refractivity (Wildman–Crippen MR) is 75.2 cm³/mol. The molecule has 102 valence electrons.